The van der Waals surface area contributed by atoms with Gasteiger partial charge in [-0.3, -0.25) is 14.4 Å². The van der Waals surface area contributed by atoms with Gasteiger partial charge in [0.05, 0.1) is 0 Å². The van der Waals surface area contributed by atoms with Crippen LogP contribution < -0.4 is 0 Å². The van der Waals surface area contributed by atoms with Crippen LogP contribution in [0.15, 0.2) is 24.3 Å². The standard InChI is InChI=1S/C12H9ClO3/c13-8-3-1-2-7(6-8)12(16)11-9(14)4-5-10(11)15/h1-3,6,11H,4-5H2. The molecule has 0 aromatic heterocycles. The van der Waals surface area contributed by atoms with Crippen molar-refractivity contribution in [2.75, 3.05) is 0 Å². The minimum Gasteiger partial charge on any atom is -0.298 e. The molecule has 1 fully saturated rings. The van der Waals surface area contributed by atoms with Crippen molar-refractivity contribution < 1.29 is 14.4 Å². The second-order valence-corrected chi connectivity index (χ2v) is 4.18. The lowest BCUT2D eigenvalue weighted by Gasteiger charge is -2.05. The van der Waals surface area contributed by atoms with Crippen molar-refractivity contribution in [3.05, 3.63) is 34.9 Å². The van der Waals surface area contributed by atoms with E-state index in [1.807, 2.05) is 0 Å². The highest BCUT2D eigenvalue weighted by atomic mass is 35.5. The second kappa shape index (κ2) is 4.18. The Balaban J connectivity index is 2.32. The molecule has 4 heteroatoms. The van der Waals surface area contributed by atoms with Gasteiger partial charge in [0.2, 0.25) is 0 Å². The van der Waals surface area contributed by atoms with Crippen LogP contribution in [-0.4, -0.2) is 17.3 Å². The average molecular weight is 237 g/mol. The lowest BCUT2D eigenvalue weighted by Crippen LogP contribution is -2.24. The van der Waals surface area contributed by atoms with Crippen molar-refractivity contribution in [1.29, 1.82) is 0 Å². The first-order valence-electron chi connectivity index (χ1n) is 4.95. The molecule has 0 atom stereocenters. The Bertz CT molecular complexity index is 463. The minimum atomic E-state index is -1.10. The summed E-state index contributed by atoms with van der Waals surface area (Å²) in [6, 6.07) is 6.30. The van der Waals surface area contributed by atoms with Crippen molar-refractivity contribution in [3.63, 3.8) is 0 Å². The van der Waals surface area contributed by atoms with Crippen LogP contribution in [0.1, 0.15) is 23.2 Å². The predicted molar refractivity (Wildman–Crippen MR) is 58.5 cm³/mol. The van der Waals surface area contributed by atoms with E-state index >= 15 is 0 Å². The normalized spacial score (nSPS) is 16.8. The van der Waals surface area contributed by atoms with E-state index in [-0.39, 0.29) is 24.4 Å². The maximum atomic E-state index is 11.9. The van der Waals surface area contributed by atoms with Gasteiger partial charge < -0.3 is 0 Å². The predicted octanol–water partition coefficient (Wildman–Crippen LogP) is 2.07. The minimum absolute atomic E-state index is 0.176. The van der Waals surface area contributed by atoms with Gasteiger partial charge in [-0.05, 0) is 12.1 Å². The van der Waals surface area contributed by atoms with Gasteiger partial charge in [-0.2, -0.15) is 0 Å². The zero-order valence-corrected chi connectivity index (χ0v) is 9.16. The molecule has 0 aliphatic heterocycles. The molecular formula is C12H9ClO3. The highest BCUT2D eigenvalue weighted by Gasteiger charge is 2.38. The molecule has 1 aliphatic carbocycles. The van der Waals surface area contributed by atoms with Crippen molar-refractivity contribution >= 4 is 29.0 Å². The van der Waals surface area contributed by atoms with Crippen LogP contribution in [0.2, 0.25) is 5.02 Å². The molecule has 0 bridgehead atoms. The molecule has 0 saturated heterocycles. The van der Waals surface area contributed by atoms with E-state index in [9.17, 15) is 14.4 Å². The number of Topliss-reactive ketones (excluding diaryl/α,β-unsaturated/α-hetero) is 3. The fraction of sp³-hybridized carbons (Fsp3) is 0.250. The number of benzene rings is 1. The molecule has 0 amide bonds. The summed E-state index contributed by atoms with van der Waals surface area (Å²) in [5.74, 6) is -2.10. The van der Waals surface area contributed by atoms with E-state index in [1.54, 1.807) is 18.2 Å². The van der Waals surface area contributed by atoms with Crippen LogP contribution in [0.3, 0.4) is 0 Å². The Morgan fingerprint density at radius 3 is 2.38 bits per heavy atom. The number of hydrogen-bond donors (Lipinski definition) is 0. The van der Waals surface area contributed by atoms with E-state index in [0.29, 0.717) is 10.6 Å². The zero-order chi connectivity index (χ0) is 11.7. The third kappa shape index (κ3) is 1.91. The summed E-state index contributed by atoms with van der Waals surface area (Å²) in [4.78, 5) is 34.7. The summed E-state index contributed by atoms with van der Waals surface area (Å²) < 4.78 is 0. The molecule has 1 saturated carbocycles. The lowest BCUT2D eigenvalue weighted by molar-refractivity contribution is -0.125. The van der Waals surface area contributed by atoms with Gasteiger partial charge in [0.15, 0.2) is 17.3 Å². The van der Waals surface area contributed by atoms with Crippen LogP contribution in [0.25, 0.3) is 0 Å². The summed E-state index contributed by atoms with van der Waals surface area (Å²) >= 11 is 5.75. The summed E-state index contributed by atoms with van der Waals surface area (Å²) in [6.07, 6.45) is 0.353. The van der Waals surface area contributed by atoms with Gasteiger partial charge in [0, 0.05) is 23.4 Å². The smallest absolute Gasteiger partial charge is 0.180 e. The van der Waals surface area contributed by atoms with Crippen LogP contribution in [-0.2, 0) is 9.59 Å². The largest absolute Gasteiger partial charge is 0.298 e. The van der Waals surface area contributed by atoms with Crippen molar-refractivity contribution in [1.82, 2.24) is 0 Å². The van der Waals surface area contributed by atoms with Crippen LogP contribution in [0.4, 0.5) is 0 Å². The van der Waals surface area contributed by atoms with E-state index < -0.39 is 11.7 Å². The topological polar surface area (TPSA) is 51.2 Å². The van der Waals surface area contributed by atoms with Crippen molar-refractivity contribution in [3.8, 4) is 0 Å². The molecule has 1 aromatic rings. The third-order valence-electron chi connectivity index (χ3n) is 2.63. The summed E-state index contributed by atoms with van der Waals surface area (Å²) in [5.41, 5.74) is 0.320. The first-order valence-corrected chi connectivity index (χ1v) is 5.32. The van der Waals surface area contributed by atoms with Crippen molar-refractivity contribution in [2.24, 2.45) is 5.92 Å². The summed E-state index contributed by atoms with van der Waals surface area (Å²) in [7, 11) is 0. The van der Waals surface area contributed by atoms with Crippen LogP contribution >= 0.6 is 11.6 Å². The molecule has 82 valence electrons. The molecule has 0 heterocycles. The maximum absolute atomic E-state index is 11.9. The number of carbonyl (C=O) groups is 3. The average Bonchev–Trinajstić information content (AvgIpc) is 2.58. The Labute approximate surface area is 97.4 Å². The fourth-order valence-corrected chi connectivity index (χ4v) is 2.01. The van der Waals surface area contributed by atoms with Crippen LogP contribution in [0, 0.1) is 5.92 Å². The number of ketones is 3. The van der Waals surface area contributed by atoms with Gasteiger partial charge in [0.1, 0.15) is 5.92 Å². The zero-order valence-electron chi connectivity index (χ0n) is 8.40. The van der Waals surface area contributed by atoms with Gasteiger partial charge in [-0.15, -0.1) is 0 Å². The molecule has 1 aromatic carbocycles. The van der Waals surface area contributed by atoms with Gasteiger partial charge >= 0.3 is 0 Å². The first kappa shape index (κ1) is 11.0. The van der Waals surface area contributed by atoms with E-state index in [0.717, 1.165) is 0 Å². The fourth-order valence-electron chi connectivity index (χ4n) is 1.82. The molecule has 16 heavy (non-hydrogen) atoms. The van der Waals surface area contributed by atoms with Crippen molar-refractivity contribution in [2.45, 2.75) is 12.8 Å². The number of carbonyl (C=O) groups excluding carboxylic acids is 3. The van der Waals surface area contributed by atoms with E-state index in [4.69, 9.17) is 11.6 Å². The summed E-state index contributed by atoms with van der Waals surface area (Å²) in [5, 5.41) is 0.420. The van der Waals surface area contributed by atoms with Crippen LogP contribution in [0.5, 0.6) is 0 Å². The molecule has 2 rings (SSSR count). The monoisotopic (exact) mass is 236 g/mol. The van der Waals surface area contributed by atoms with Gasteiger partial charge in [-0.25, -0.2) is 0 Å². The number of rotatable bonds is 2. The Kier molecular flexibility index (Phi) is 2.88. The molecule has 0 N–H and O–H groups in total. The molecule has 0 unspecified atom stereocenters. The number of hydrogen-bond acceptors (Lipinski definition) is 3. The van der Waals surface area contributed by atoms with Gasteiger partial charge in [0.25, 0.3) is 0 Å². The molecule has 0 spiro atoms. The first-order chi connectivity index (χ1) is 7.59. The maximum Gasteiger partial charge on any atom is 0.180 e. The second-order valence-electron chi connectivity index (χ2n) is 3.74. The Hall–Kier alpha value is -1.48. The molecule has 1 aliphatic rings. The number of halogens is 1. The molecule has 3 nitrogen and oxygen atoms in total. The third-order valence-corrected chi connectivity index (χ3v) is 2.87. The Morgan fingerprint density at radius 1 is 1.19 bits per heavy atom. The SMILES string of the molecule is O=C1CCC(=O)C1C(=O)c1cccc(Cl)c1. The van der Waals surface area contributed by atoms with E-state index in [2.05, 4.69) is 0 Å². The quantitative estimate of drug-likeness (QED) is 0.584. The highest BCUT2D eigenvalue weighted by Crippen LogP contribution is 2.23. The molecule has 0 radical (unpaired) electrons. The van der Waals surface area contributed by atoms with Gasteiger partial charge in [-0.1, -0.05) is 23.7 Å². The summed E-state index contributed by atoms with van der Waals surface area (Å²) in [6.45, 7) is 0. The van der Waals surface area contributed by atoms with E-state index in [1.165, 1.54) is 6.07 Å². The molecular weight excluding hydrogens is 228 g/mol. The lowest BCUT2D eigenvalue weighted by atomic mass is 9.95. The highest BCUT2D eigenvalue weighted by molar-refractivity contribution is 6.32. The Morgan fingerprint density at radius 2 is 1.81 bits per heavy atom.